The Morgan fingerprint density at radius 3 is 1.46 bits per heavy atom. The number of phenolic OH excluding ortho intramolecular Hbond substituents is 2. The van der Waals surface area contributed by atoms with Crippen molar-refractivity contribution in [2.45, 2.75) is 123 Å². The van der Waals surface area contributed by atoms with E-state index in [1.54, 1.807) is 0 Å². The maximum Gasteiger partial charge on any atom is 0.174 e. The van der Waals surface area contributed by atoms with Gasteiger partial charge in [-0.05, 0) is 61.8 Å². The van der Waals surface area contributed by atoms with Crippen LogP contribution in [0.4, 0.5) is 0 Å². The van der Waals surface area contributed by atoms with Gasteiger partial charge in [-0.2, -0.15) is 0 Å². The van der Waals surface area contributed by atoms with Gasteiger partial charge in [-0.1, -0.05) is 0 Å². The summed E-state index contributed by atoms with van der Waals surface area (Å²) in [5.41, 5.74) is 0.233. The quantitative estimate of drug-likeness (QED) is 0.348. The van der Waals surface area contributed by atoms with E-state index in [4.69, 9.17) is 9.47 Å². The fourth-order valence-electron chi connectivity index (χ4n) is 14.4. The highest BCUT2D eigenvalue weighted by Crippen LogP contribution is 2.70. The molecule has 10 aliphatic rings. The molecule has 2 spiro atoms. The summed E-state index contributed by atoms with van der Waals surface area (Å²) >= 11 is 0. The Balaban J connectivity index is 1.05. The number of quaternary nitrogens is 2. The number of ether oxygens (including phenoxy) is 2. The van der Waals surface area contributed by atoms with Gasteiger partial charge in [-0.25, -0.2) is 0 Å². The molecule has 4 aliphatic heterocycles. The van der Waals surface area contributed by atoms with Crippen LogP contribution in [-0.4, -0.2) is 117 Å². The Morgan fingerprint density at radius 1 is 0.673 bits per heavy atom. The molecule has 10 nitrogen and oxygen atoms in total. The molecule has 0 aromatic heterocycles. The third-order valence-electron chi connectivity index (χ3n) is 17.1. The lowest BCUT2D eigenvalue weighted by Crippen LogP contribution is -2.80. The van der Waals surface area contributed by atoms with Gasteiger partial charge in [0.1, 0.15) is 23.3 Å². The van der Waals surface area contributed by atoms with Crippen molar-refractivity contribution in [3.05, 3.63) is 34.4 Å². The van der Waals surface area contributed by atoms with Crippen molar-refractivity contribution in [3.63, 3.8) is 0 Å². The summed E-state index contributed by atoms with van der Waals surface area (Å²) in [5.74, 6) is 1.53. The van der Waals surface area contributed by atoms with Crippen LogP contribution in [0.2, 0.25) is 0 Å². The largest absolute Gasteiger partial charge is 0.504 e. The Labute approximate surface area is 303 Å². The topological polar surface area (TPSA) is 134 Å². The molecule has 4 saturated carbocycles. The van der Waals surface area contributed by atoms with Gasteiger partial charge in [-0.15, -0.1) is 0 Å². The molecular formula is C42H50N2O8+2. The monoisotopic (exact) mass is 710 g/mol. The fraction of sp³-hybridized carbons (Fsp3) is 0.667. The van der Waals surface area contributed by atoms with Crippen LogP contribution in [0.25, 0.3) is 11.1 Å². The lowest BCUT2D eigenvalue weighted by atomic mass is 9.48. The average molecular weight is 711 g/mol. The molecule has 0 unspecified atom stereocenters. The first-order valence-corrected chi connectivity index (χ1v) is 20.1. The van der Waals surface area contributed by atoms with E-state index in [0.29, 0.717) is 61.5 Å². The van der Waals surface area contributed by atoms with E-state index in [9.17, 15) is 30.0 Å². The van der Waals surface area contributed by atoms with Crippen molar-refractivity contribution in [2.75, 3.05) is 40.3 Å². The highest BCUT2D eigenvalue weighted by atomic mass is 16.5. The summed E-state index contributed by atoms with van der Waals surface area (Å²) in [7, 11) is 4.56. The van der Waals surface area contributed by atoms with Crippen molar-refractivity contribution in [3.8, 4) is 34.1 Å². The summed E-state index contributed by atoms with van der Waals surface area (Å²) in [6.45, 7) is 3.71. The normalized spacial score (nSPS) is 45.6. The van der Waals surface area contributed by atoms with Crippen molar-refractivity contribution < 1.29 is 48.5 Å². The van der Waals surface area contributed by atoms with Gasteiger partial charge < -0.3 is 38.9 Å². The van der Waals surface area contributed by atoms with E-state index in [0.717, 1.165) is 57.4 Å². The molecule has 6 fully saturated rings. The number of ketones is 2. The van der Waals surface area contributed by atoms with E-state index in [1.807, 2.05) is 12.1 Å². The number of hydrogen-bond acceptors (Lipinski definition) is 8. The van der Waals surface area contributed by atoms with Crippen LogP contribution < -0.4 is 9.47 Å². The predicted octanol–water partition coefficient (Wildman–Crippen LogP) is 3.32. The molecule has 12 rings (SSSR count). The number of likely N-dealkylation sites (N-methyl/N-ethyl adjacent to an activating group) is 2. The zero-order chi connectivity index (χ0) is 35.5. The average Bonchev–Trinajstić information content (AvgIpc) is 4.03. The standard InChI is InChI=1S/C42H48N2O8/c1-43(19-21-3-4-21)13-11-39-31-23-15-25(33(47)35(31)51-37(39)27(45)7-9-41(39,49)29(43)17-23)26-16-24-18-30-42(50)10-8-28(46)38-40(42,32(24)36(52-38)34(26)48)12-14-44(30,2)20-22-5-6-22/h15-16,21-22,29-30,37-38,49-50H,3-14,17-20H2,1-2H3/p+2/t29-,30-,37+,38+,39+,40+,41-,42-,43-,44-/m1/s1. The van der Waals surface area contributed by atoms with Gasteiger partial charge >= 0.3 is 0 Å². The van der Waals surface area contributed by atoms with Gasteiger partial charge in [0.25, 0.3) is 0 Å². The van der Waals surface area contributed by atoms with E-state index in [1.165, 1.54) is 25.7 Å². The highest BCUT2D eigenvalue weighted by Gasteiger charge is 2.78. The Kier molecular flexibility index (Phi) is 5.51. The molecule has 0 radical (unpaired) electrons. The maximum atomic E-state index is 13.7. The number of benzene rings is 2. The van der Waals surface area contributed by atoms with Crippen molar-refractivity contribution in [1.29, 1.82) is 0 Å². The number of aromatic hydroxyl groups is 2. The minimum absolute atomic E-state index is 0.0251. The molecule has 2 aromatic carbocycles. The number of rotatable bonds is 5. The molecule has 52 heavy (non-hydrogen) atoms. The van der Waals surface area contributed by atoms with E-state index >= 15 is 0 Å². The summed E-state index contributed by atoms with van der Waals surface area (Å²) in [5, 5.41) is 50.3. The molecule has 2 aromatic rings. The van der Waals surface area contributed by atoms with E-state index < -0.39 is 34.2 Å². The minimum Gasteiger partial charge on any atom is -0.504 e. The number of nitrogens with zero attached hydrogens (tertiary/aromatic N) is 2. The van der Waals surface area contributed by atoms with Gasteiger partial charge in [0, 0.05) is 72.6 Å². The molecule has 6 aliphatic carbocycles. The number of Topliss-reactive ketones (excluding diaryl/α,β-unsaturated/α-hetero) is 2. The summed E-state index contributed by atoms with van der Waals surface area (Å²) in [4.78, 5) is 27.4. The lowest BCUT2D eigenvalue weighted by molar-refractivity contribution is -0.950. The van der Waals surface area contributed by atoms with Crippen LogP contribution in [0.5, 0.6) is 23.0 Å². The van der Waals surface area contributed by atoms with Crippen LogP contribution in [0.15, 0.2) is 12.1 Å². The Morgan fingerprint density at radius 2 is 1.08 bits per heavy atom. The van der Waals surface area contributed by atoms with Gasteiger partial charge in [0.2, 0.25) is 0 Å². The van der Waals surface area contributed by atoms with Crippen LogP contribution >= 0.6 is 0 Å². The number of hydrogen-bond donors (Lipinski definition) is 4. The molecule has 274 valence electrons. The van der Waals surface area contributed by atoms with E-state index in [-0.39, 0.29) is 59.5 Å². The summed E-state index contributed by atoms with van der Waals surface area (Å²) in [6.07, 6.45) is 6.86. The number of carbonyl (C=O) groups excluding carboxylic acids is 2. The van der Waals surface area contributed by atoms with Crippen LogP contribution in [-0.2, 0) is 33.3 Å². The molecule has 10 heteroatoms. The molecule has 4 N–H and O–H groups in total. The van der Waals surface area contributed by atoms with Gasteiger partial charge in [-0.3, -0.25) is 9.59 Å². The zero-order valence-electron chi connectivity index (χ0n) is 30.2. The van der Waals surface area contributed by atoms with Crippen LogP contribution in [0, 0.1) is 11.8 Å². The van der Waals surface area contributed by atoms with Gasteiger partial charge in [0.05, 0.1) is 51.1 Å². The first-order valence-electron chi connectivity index (χ1n) is 20.1. The van der Waals surface area contributed by atoms with Gasteiger partial charge in [0.15, 0.2) is 46.8 Å². The predicted molar refractivity (Wildman–Crippen MR) is 187 cm³/mol. The Hall–Kier alpha value is -3.18. The second-order valence-electron chi connectivity index (χ2n) is 19.6. The fourth-order valence-corrected chi connectivity index (χ4v) is 14.4. The first kappa shape index (κ1) is 31.2. The van der Waals surface area contributed by atoms with Crippen LogP contribution in [0.1, 0.15) is 86.5 Å². The lowest BCUT2D eigenvalue weighted by Gasteiger charge is -2.64. The SMILES string of the molecule is C[N@+]1(CC2CC2)CC[C@]23c4c5cc(-c6cc7c8c(c6O)O[C@H]6C(=O)CC[C@@]9(O)[C@@H](C7)[N@@+](C)(CC7CC7)CC[C@]869)c(O)c4O[C@H]2C(=O)CC[C@@]3(O)[C@H]1C5. The third-order valence-corrected chi connectivity index (χ3v) is 17.1. The van der Waals surface area contributed by atoms with Crippen molar-refractivity contribution in [2.24, 2.45) is 11.8 Å². The summed E-state index contributed by atoms with van der Waals surface area (Å²) in [6, 6.07) is 3.71. The number of carbonyl (C=O) groups is 2. The van der Waals surface area contributed by atoms with Crippen molar-refractivity contribution in [1.82, 2.24) is 0 Å². The first-order chi connectivity index (χ1) is 24.8. The molecule has 0 amide bonds. The van der Waals surface area contributed by atoms with E-state index in [2.05, 4.69) is 14.1 Å². The second kappa shape index (κ2) is 9.19. The molecule has 2 saturated heterocycles. The molecule has 4 heterocycles. The summed E-state index contributed by atoms with van der Waals surface area (Å²) < 4.78 is 14.7. The highest BCUT2D eigenvalue weighted by molar-refractivity contribution is 5.94. The third kappa shape index (κ3) is 3.29. The number of aliphatic hydroxyl groups is 2. The molecule has 10 atom stereocenters. The number of piperidine rings is 2. The minimum atomic E-state index is -1.13. The number of phenols is 2. The second-order valence-corrected chi connectivity index (χ2v) is 19.6. The zero-order valence-corrected chi connectivity index (χ0v) is 30.2. The molecular weight excluding hydrogens is 660 g/mol. The maximum absolute atomic E-state index is 13.7. The molecule has 4 bridgehead atoms. The Bertz CT molecular complexity index is 1930. The smallest absolute Gasteiger partial charge is 0.174 e. The van der Waals surface area contributed by atoms with Crippen molar-refractivity contribution >= 4 is 11.6 Å². The number of likely N-dealkylation sites (tertiary alicyclic amines) is 2. The van der Waals surface area contributed by atoms with Crippen LogP contribution in [0.3, 0.4) is 0 Å².